The highest BCUT2D eigenvalue weighted by molar-refractivity contribution is 9.28. The number of ether oxygens (including phenoxy) is 2. The maximum Gasteiger partial charge on any atom is 0.311 e. The summed E-state index contributed by atoms with van der Waals surface area (Å²) in [6, 6.07) is 14.4. The van der Waals surface area contributed by atoms with Crippen molar-refractivity contribution in [3.63, 3.8) is 0 Å². The second kappa shape index (κ2) is 8.68. The minimum atomic E-state index is -1.06. The standard InChI is InChI=1S/C22H18Br2FNO3/c1-22(2)17(11-19(23)24)20(22)21(27)29-18(12-26)13-5-3-7-15(9-13)28-16-8-4-6-14(25)10-16/h3-11,17-18,20H,1-2H3. The Morgan fingerprint density at radius 3 is 2.48 bits per heavy atom. The molecule has 1 saturated carbocycles. The molecule has 0 radical (unpaired) electrons. The summed E-state index contributed by atoms with van der Waals surface area (Å²) in [6.45, 7) is 3.97. The van der Waals surface area contributed by atoms with Crippen molar-refractivity contribution in [3.8, 4) is 17.6 Å². The topological polar surface area (TPSA) is 59.3 Å². The van der Waals surface area contributed by atoms with Gasteiger partial charge in [-0.1, -0.05) is 38.1 Å². The van der Waals surface area contributed by atoms with E-state index in [1.54, 1.807) is 36.4 Å². The molecule has 0 amide bonds. The lowest BCUT2D eigenvalue weighted by Crippen LogP contribution is -2.14. The molecule has 3 unspecified atom stereocenters. The Morgan fingerprint density at radius 2 is 1.86 bits per heavy atom. The van der Waals surface area contributed by atoms with E-state index in [4.69, 9.17) is 9.47 Å². The fourth-order valence-corrected chi connectivity index (χ4v) is 3.91. The van der Waals surface area contributed by atoms with Crippen molar-refractivity contribution in [2.75, 3.05) is 0 Å². The second-order valence-corrected chi connectivity index (χ2v) is 10.1. The van der Waals surface area contributed by atoms with Crippen molar-refractivity contribution >= 4 is 37.8 Å². The third-order valence-electron chi connectivity index (χ3n) is 5.01. The highest BCUT2D eigenvalue weighted by Gasteiger charge is 2.61. The summed E-state index contributed by atoms with van der Waals surface area (Å²) >= 11 is 6.64. The van der Waals surface area contributed by atoms with Crippen molar-refractivity contribution in [3.05, 3.63) is 69.4 Å². The zero-order valence-electron chi connectivity index (χ0n) is 15.7. The van der Waals surface area contributed by atoms with Gasteiger partial charge in [0.15, 0.2) is 0 Å². The maximum absolute atomic E-state index is 13.3. The molecule has 1 fully saturated rings. The van der Waals surface area contributed by atoms with Gasteiger partial charge in [0, 0.05) is 11.6 Å². The molecular weight excluding hydrogens is 505 g/mol. The minimum absolute atomic E-state index is 0.0192. The van der Waals surface area contributed by atoms with E-state index in [0.29, 0.717) is 17.1 Å². The predicted molar refractivity (Wildman–Crippen MR) is 114 cm³/mol. The van der Waals surface area contributed by atoms with Gasteiger partial charge < -0.3 is 9.47 Å². The number of halogens is 3. The van der Waals surface area contributed by atoms with Gasteiger partial charge in [0.2, 0.25) is 6.10 Å². The molecule has 29 heavy (non-hydrogen) atoms. The maximum atomic E-state index is 13.3. The summed E-state index contributed by atoms with van der Waals surface area (Å²) in [4.78, 5) is 12.7. The van der Waals surface area contributed by atoms with Gasteiger partial charge in [-0.2, -0.15) is 5.26 Å². The lowest BCUT2D eigenvalue weighted by Gasteiger charge is -2.13. The molecule has 3 rings (SSSR count). The van der Waals surface area contributed by atoms with Crippen LogP contribution in [0.15, 0.2) is 58.0 Å². The molecule has 0 heterocycles. The Kier molecular flexibility index (Phi) is 6.45. The number of esters is 1. The molecule has 3 atom stereocenters. The van der Waals surface area contributed by atoms with Crippen LogP contribution in [0.4, 0.5) is 4.39 Å². The zero-order chi connectivity index (χ0) is 21.2. The first kappa shape index (κ1) is 21.5. The van der Waals surface area contributed by atoms with Crippen LogP contribution in [0.2, 0.25) is 0 Å². The lowest BCUT2D eigenvalue weighted by molar-refractivity contribution is -0.149. The van der Waals surface area contributed by atoms with E-state index in [-0.39, 0.29) is 17.3 Å². The summed E-state index contributed by atoms with van der Waals surface area (Å²) in [7, 11) is 0. The summed E-state index contributed by atoms with van der Waals surface area (Å²) in [5.41, 5.74) is 0.244. The Hall–Kier alpha value is -2.17. The molecule has 0 aliphatic heterocycles. The van der Waals surface area contributed by atoms with Crippen LogP contribution >= 0.6 is 31.9 Å². The molecule has 1 aliphatic rings. The summed E-state index contributed by atoms with van der Waals surface area (Å²) in [5, 5.41) is 9.54. The van der Waals surface area contributed by atoms with Gasteiger partial charge in [-0.15, -0.1) is 0 Å². The normalized spacial score (nSPS) is 20.1. The van der Waals surface area contributed by atoms with Gasteiger partial charge in [-0.05, 0) is 67.5 Å². The molecular formula is C22H18Br2FNO3. The van der Waals surface area contributed by atoms with Crippen LogP contribution in [-0.4, -0.2) is 5.97 Å². The molecule has 0 N–H and O–H groups in total. The van der Waals surface area contributed by atoms with Crippen molar-refractivity contribution in [1.29, 1.82) is 5.26 Å². The minimum Gasteiger partial charge on any atom is -0.457 e. The number of carbonyl (C=O) groups excluding carboxylic acids is 1. The first-order valence-electron chi connectivity index (χ1n) is 8.88. The molecule has 2 aromatic rings. The van der Waals surface area contributed by atoms with Crippen LogP contribution in [0.5, 0.6) is 11.5 Å². The average molecular weight is 523 g/mol. The van der Waals surface area contributed by atoms with Crippen LogP contribution in [-0.2, 0) is 9.53 Å². The van der Waals surface area contributed by atoms with Crippen molar-refractivity contribution in [1.82, 2.24) is 0 Å². The third-order valence-corrected chi connectivity index (χ3v) is 5.54. The zero-order valence-corrected chi connectivity index (χ0v) is 18.9. The number of allylic oxidation sites excluding steroid dienone is 1. The van der Waals surface area contributed by atoms with E-state index < -0.39 is 17.9 Å². The van der Waals surface area contributed by atoms with Gasteiger partial charge >= 0.3 is 5.97 Å². The van der Waals surface area contributed by atoms with Crippen molar-refractivity contribution < 1.29 is 18.7 Å². The van der Waals surface area contributed by atoms with E-state index >= 15 is 0 Å². The monoisotopic (exact) mass is 521 g/mol. The number of hydrogen-bond donors (Lipinski definition) is 0. The summed E-state index contributed by atoms with van der Waals surface area (Å²) in [5.74, 6) is -0.378. The Labute approximate surface area is 185 Å². The molecule has 1 aliphatic carbocycles. The summed E-state index contributed by atoms with van der Waals surface area (Å²) in [6.07, 6.45) is 0.854. The quantitative estimate of drug-likeness (QED) is 0.399. The van der Waals surface area contributed by atoms with Crippen LogP contribution in [0, 0.1) is 34.4 Å². The Bertz CT molecular complexity index is 996. The highest BCUT2D eigenvalue weighted by atomic mass is 79.9. The number of rotatable bonds is 6. The highest BCUT2D eigenvalue weighted by Crippen LogP contribution is 2.60. The van der Waals surface area contributed by atoms with Gasteiger partial charge in [-0.3, -0.25) is 4.79 Å². The first-order valence-corrected chi connectivity index (χ1v) is 10.5. The van der Waals surface area contributed by atoms with Gasteiger partial charge in [0.05, 0.1) is 9.31 Å². The fraction of sp³-hybridized carbons (Fsp3) is 0.273. The molecule has 0 saturated heterocycles. The van der Waals surface area contributed by atoms with Crippen LogP contribution in [0.1, 0.15) is 25.5 Å². The van der Waals surface area contributed by atoms with E-state index in [1.165, 1.54) is 12.1 Å². The molecule has 0 spiro atoms. The fourth-order valence-electron chi connectivity index (χ4n) is 3.34. The third kappa shape index (κ3) is 5.06. The van der Waals surface area contributed by atoms with Gasteiger partial charge in [0.1, 0.15) is 23.4 Å². The van der Waals surface area contributed by atoms with Crippen LogP contribution in [0.3, 0.4) is 0 Å². The molecule has 2 aromatic carbocycles. The van der Waals surface area contributed by atoms with Gasteiger partial charge in [0.25, 0.3) is 0 Å². The number of nitrogens with zero attached hydrogens (tertiary/aromatic N) is 1. The van der Waals surface area contributed by atoms with E-state index in [9.17, 15) is 14.4 Å². The first-order chi connectivity index (χ1) is 13.7. The summed E-state index contributed by atoms with van der Waals surface area (Å²) < 4.78 is 25.3. The molecule has 150 valence electrons. The van der Waals surface area contributed by atoms with Crippen LogP contribution in [0.25, 0.3) is 0 Å². The van der Waals surface area contributed by atoms with E-state index in [2.05, 4.69) is 31.9 Å². The van der Waals surface area contributed by atoms with E-state index in [0.717, 1.165) is 3.39 Å². The number of nitriles is 1. The SMILES string of the molecule is CC1(C)C(C=C(Br)Br)C1C(=O)OC(C#N)c1cccc(Oc2cccc(F)c2)c1. The number of benzene rings is 2. The molecule has 4 nitrogen and oxygen atoms in total. The lowest BCUT2D eigenvalue weighted by atomic mass is 10.1. The predicted octanol–water partition coefficient (Wildman–Crippen LogP) is 6.63. The number of carbonyl (C=O) groups is 1. The Morgan fingerprint density at radius 1 is 1.21 bits per heavy atom. The molecule has 7 heteroatoms. The Balaban J connectivity index is 1.73. The average Bonchev–Trinajstić information content (AvgIpc) is 3.19. The van der Waals surface area contributed by atoms with Gasteiger partial charge in [-0.25, -0.2) is 4.39 Å². The molecule has 0 bridgehead atoms. The van der Waals surface area contributed by atoms with Crippen LogP contribution < -0.4 is 4.74 Å². The second-order valence-electron chi connectivity index (χ2n) is 7.36. The van der Waals surface area contributed by atoms with Crippen molar-refractivity contribution in [2.45, 2.75) is 20.0 Å². The molecule has 0 aromatic heterocycles. The number of hydrogen-bond acceptors (Lipinski definition) is 4. The van der Waals surface area contributed by atoms with Crippen molar-refractivity contribution in [2.24, 2.45) is 17.3 Å². The van der Waals surface area contributed by atoms with E-state index in [1.807, 2.05) is 26.0 Å². The smallest absolute Gasteiger partial charge is 0.311 e. The largest absolute Gasteiger partial charge is 0.457 e.